The van der Waals surface area contributed by atoms with Crippen molar-refractivity contribution in [2.75, 3.05) is 26.8 Å². The fourth-order valence-electron chi connectivity index (χ4n) is 4.41. The Morgan fingerprint density at radius 3 is 2.71 bits per heavy atom. The number of ether oxygens (including phenoxy) is 1. The van der Waals surface area contributed by atoms with Gasteiger partial charge in [-0.1, -0.05) is 20.3 Å². The van der Waals surface area contributed by atoms with E-state index in [1.54, 1.807) is 0 Å². The van der Waals surface area contributed by atoms with Gasteiger partial charge in [0.05, 0.1) is 12.7 Å². The number of nitrogens with zero attached hydrogens (tertiary/aromatic N) is 1. The third-order valence-corrected chi connectivity index (χ3v) is 5.55. The zero-order chi connectivity index (χ0) is 15.5. The molecule has 0 aromatic carbocycles. The smallest absolute Gasteiger partial charge is 0.0702 e. The number of aliphatic hydroxyl groups excluding tert-OH is 1. The van der Waals surface area contributed by atoms with Gasteiger partial charge in [0.2, 0.25) is 0 Å². The Bertz CT molecular complexity index is 324. The number of nitrogens with one attached hydrogen (secondary N) is 1. The van der Waals surface area contributed by atoms with E-state index in [0.717, 1.165) is 26.0 Å². The molecule has 1 saturated heterocycles. The minimum Gasteiger partial charge on any atom is -0.394 e. The van der Waals surface area contributed by atoms with E-state index >= 15 is 0 Å². The topological polar surface area (TPSA) is 44.7 Å². The zero-order valence-electron chi connectivity index (χ0n) is 14.3. The summed E-state index contributed by atoms with van der Waals surface area (Å²) in [6, 6.07) is 0.992. The molecule has 2 aliphatic rings. The second-order valence-corrected chi connectivity index (χ2v) is 7.40. The molecule has 2 rings (SSSR count). The largest absolute Gasteiger partial charge is 0.394 e. The Labute approximate surface area is 130 Å². The average molecular weight is 298 g/mol. The first-order valence-corrected chi connectivity index (χ1v) is 8.69. The Balaban J connectivity index is 1.88. The summed E-state index contributed by atoms with van der Waals surface area (Å²) in [5.41, 5.74) is -0.0488. The summed E-state index contributed by atoms with van der Waals surface area (Å²) in [4.78, 5) is 2.47. The normalized spacial score (nSPS) is 37.0. The van der Waals surface area contributed by atoms with Crippen LogP contribution in [0.4, 0.5) is 0 Å². The summed E-state index contributed by atoms with van der Waals surface area (Å²) in [5.74, 6) is 0.588. The predicted octanol–water partition coefficient (Wildman–Crippen LogP) is 2.01. The Kier molecular flexibility index (Phi) is 6.06. The van der Waals surface area contributed by atoms with E-state index in [0.29, 0.717) is 24.1 Å². The maximum absolute atomic E-state index is 9.96. The molecule has 2 N–H and O–H groups in total. The van der Waals surface area contributed by atoms with Gasteiger partial charge in [-0.25, -0.2) is 0 Å². The van der Waals surface area contributed by atoms with Crippen molar-refractivity contribution in [2.45, 2.75) is 76.6 Å². The summed E-state index contributed by atoms with van der Waals surface area (Å²) in [6.07, 6.45) is 6.26. The fourth-order valence-corrected chi connectivity index (χ4v) is 4.41. The van der Waals surface area contributed by atoms with Gasteiger partial charge in [-0.3, -0.25) is 0 Å². The van der Waals surface area contributed by atoms with Crippen molar-refractivity contribution in [3.8, 4) is 0 Å². The van der Waals surface area contributed by atoms with Crippen LogP contribution in [0, 0.1) is 5.92 Å². The molecule has 2 fully saturated rings. The van der Waals surface area contributed by atoms with Crippen LogP contribution < -0.4 is 5.32 Å². The van der Waals surface area contributed by atoms with Crippen LogP contribution in [0.25, 0.3) is 0 Å². The molecule has 0 bridgehead atoms. The van der Waals surface area contributed by atoms with Crippen LogP contribution in [-0.2, 0) is 4.74 Å². The van der Waals surface area contributed by atoms with Crippen molar-refractivity contribution in [3.05, 3.63) is 0 Å². The van der Waals surface area contributed by atoms with E-state index in [-0.39, 0.29) is 12.1 Å². The van der Waals surface area contributed by atoms with Gasteiger partial charge in [0.25, 0.3) is 0 Å². The second kappa shape index (κ2) is 7.40. The Morgan fingerprint density at radius 2 is 2.14 bits per heavy atom. The van der Waals surface area contributed by atoms with Crippen LogP contribution in [0.2, 0.25) is 0 Å². The van der Waals surface area contributed by atoms with Crippen LogP contribution in [0.5, 0.6) is 0 Å². The van der Waals surface area contributed by atoms with Crippen molar-refractivity contribution in [1.82, 2.24) is 10.2 Å². The molecule has 0 aromatic rings. The van der Waals surface area contributed by atoms with Crippen LogP contribution >= 0.6 is 0 Å². The SMILES string of the molecule is CC(C)NC1(CO)CCCC1CCN(C)C1CCOC1C. The molecule has 124 valence electrons. The van der Waals surface area contributed by atoms with E-state index in [2.05, 4.69) is 38.0 Å². The van der Waals surface area contributed by atoms with Gasteiger partial charge in [-0.15, -0.1) is 0 Å². The average Bonchev–Trinajstić information content (AvgIpc) is 3.02. The molecule has 0 aromatic heterocycles. The number of likely N-dealkylation sites (N-methyl/N-ethyl adjacent to an activating group) is 1. The zero-order valence-corrected chi connectivity index (χ0v) is 14.3. The molecule has 4 unspecified atom stereocenters. The summed E-state index contributed by atoms with van der Waals surface area (Å²) in [6.45, 7) is 8.80. The highest BCUT2D eigenvalue weighted by molar-refractivity contribution is 5.00. The molecule has 4 heteroatoms. The molecule has 1 aliphatic carbocycles. The lowest BCUT2D eigenvalue weighted by molar-refractivity contribution is 0.0730. The van der Waals surface area contributed by atoms with Crippen LogP contribution in [0.1, 0.15) is 52.9 Å². The first kappa shape index (κ1) is 17.2. The standard InChI is InChI=1S/C17H34N2O2/c1-13(2)18-17(12-20)9-5-6-15(17)7-10-19(4)16-8-11-21-14(16)3/h13-16,18,20H,5-12H2,1-4H3. The summed E-state index contributed by atoms with van der Waals surface area (Å²) >= 11 is 0. The Hall–Kier alpha value is -0.160. The molecule has 1 aliphatic heterocycles. The van der Waals surface area contributed by atoms with Gasteiger partial charge in [0.15, 0.2) is 0 Å². The lowest BCUT2D eigenvalue weighted by Crippen LogP contribution is -2.54. The molecule has 4 nitrogen and oxygen atoms in total. The van der Waals surface area contributed by atoms with Gasteiger partial charge in [0.1, 0.15) is 0 Å². The quantitative estimate of drug-likeness (QED) is 0.755. The first-order chi connectivity index (χ1) is 9.98. The minimum atomic E-state index is -0.0488. The second-order valence-electron chi connectivity index (χ2n) is 7.40. The molecule has 0 radical (unpaired) electrons. The van der Waals surface area contributed by atoms with E-state index in [4.69, 9.17) is 4.74 Å². The number of rotatable bonds is 7. The molecular formula is C17H34N2O2. The van der Waals surface area contributed by atoms with E-state index in [9.17, 15) is 5.11 Å². The van der Waals surface area contributed by atoms with Gasteiger partial charge in [0, 0.05) is 24.2 Å². The predicted molar refractivity (Wildman–Crippen MR) is 86.5 cm³/mol. The van der Waals surface area contributed by atoms with Crippen molar-refractivity contribution < 1.29 is 9.84 Å². The van der Waals surface area contributed by atoms with Crippen molar-refractivity contribution in [3.63, 3.8) is 0 Å². The number of hydrogen-bond donors (Lipinski definition) is 2. The van der Waals surface area contributed by atoms with Crippen molar-refractivity contribution >= 4 is 0 Å². The minimum absolute atomic E-state index is 0.0488. The van der Waals surface area contributed by atoms with Crippen LogP contribution in [0.15, 0.2) is 0 Å². The molecular weight excluding hydrogens is 264 g/mol. The van der Waals surface area contributed by atoms with Crippen LogP contribution in [-0.4, -0.2) is 60.5 Å². The highest BCUT2D eigenvalue weighted by atomic mass is 16.5. The lowest BCUT2D eigenvalue weighted by Gasteiger charge is -2.38. The maximum atomic E-state index is 9.96. The van der Waals surface area contributed by atoms with E-state index in [1.807, 2.05) is 0 Å². The highest BCUT2D eigenvalue weighted by Crippen LogP contribution is 2.38. The monoisotopic (exact) mass is 298 g/mol. The first-order valence-electron chi connectivity index (χ1n) is 8.69. The van der Waals surface area contributed by atoms with Gasteiger partial charge in [-0.05, 0) is 52.1 Å². The van der Waals surface area contributed by atoms with Crippen molar-refractivity contribution in [2.24, 2.45) is 5.92 Å². The maximum Gasteiger partial charge on any atom is 0.0702 e. The molecule has 1 saturated carbocycles. The van der Waals surface area contributed by atoms with E-state index in [1.165, 1.54) is 19.3 Å². The third-order valence-electron chi connectivity index (χ3n) is 5.55. The van der Waals surface area contributed by atoms with E-state index < -0.39 is 0 Å². The molecule has 0 spiro atoms. The lowest BCUT2D eigenvalue weighted by atomic mass is 9.84. The molecule has 4 atom stereocenters. The molecule has 0 amide bonds. The summed E-state index contributed by atoms with van der Waals surface area (Å²) < 4.78 is 5.68. The Morgan fingerprint density at radius 1 is 1.38 bits per heavy atom. The van der Waals surface area contributed by atoms with Gasteiger partial charge >= 0.3 is 0 Å². The summed E-state index contributed by atoms with van der Waals surface area (Å²) in [7, 11) is 2.22. The number of aliphatic hydroxyl groups is 1. The highest BCUT2D eigenvalue weighted by Gasteiger charge is 2.42. The third kappa shape index (κ3) is 3.98. The van der Waals surface area contributed by atoms with Crippen molar-refractivity contribution in [1.29, 1.82) is 0 Å². The summed E-state index contributed by atoms with van der Waals surface area (Å²) in [5, 5.41) is 13.6. The number of hydrogen-bond acceptors (Lipinski definition) is 4. The fraction of sp³-hybridized carbons (Fsp3) is 1.00. The van der Waals surface area contributed by atoms with Gasteiger partial charge in [-0.2, -0.15) is 0 Å². The van der Waals surface area contributed by atoms with Crippen LogP contribution in [0.3, 0.4) is 0 Å². The van der Waals surface area contributed by atoms with Gasteiger partial charge < -0.3 is 20.1 Å². The molecule has 21 heavy (non-hydrogen) atoms. The molecule has 1 heterocycles.